The maximum atomic E-state index is 12.6. The van der Waals surface area contributed by atoms with Gasteiger partial charge >= 0.3 is 0 Å². The zero-order chi connectivity index (χ0) is 18.7. The van der Waals surface area contributed by atoms with E-state index in [-0.39, 0.29) is 5.91 Å². The van der Waals surface area contributed by atoms with Gasteiger partial charge < -0.3 is 15.6 Å². The van der Waals surface area contributed by atoms with Crippen LogP contribution in [0.3, 0.4) is 0 Å². The summed E-state index contributed by atoms with van der Waals surface area (Å²) in [6.07, 6.45) is 3.90. The Hall–Kier alpha value is -3.08. The molecule has 5 heteroatoms. The van der Waals surface area contributed by atoms with Gasteiger partial charge in [0.15, 0.2) is 0 Å². The van der Waals surface area contributed by atoms with Crippen LogP contribution in [0.15, 0.2) is 48.8 Å². The second kappa shape index (κ2) is 7.44. The monoisotopic (exact) mass is 348 g/mol. The topological polar surface area (TPSA) is 72.9 Å². The van der Waals surface area contributed by atoms with Crippen LogP contribution >= 0.6 is 0 Å². The first-order chi connectivity index (χ1) is 12.4. The molecule has 0 spiro atoms. The van der Waals surface area contributed by atoms with Crippen molar-refractivity contribution < 1.29 is 4.79 Å². The van der Waals surface area contributed by atoms with Crippen molar-refractivity contribution in [3.63, 3.8) is 0 Å². The van der Waals surface area contributed by atoms with Crippen molar-refractivity contribution in [1.29, 1.82) is 0 Å². The largest absolute Gasteiger partial charge is 0.384 e. The summed E-state index contributed by atoms with van der Waals surface area (Å²) in [5.74, 6) is 0.425. The van der Waals surface area contributed by atoms with Crippen molar-refractivity contribution in [2.75, 3.05) is 5.73 Å². The van der Waals surface area contributed by atoms with Crippen LogP contribution in [0.25, 0.3) is 0 Å². The molecule has 0 aliphatic carbocycles. The molecular weight excluding hydrogens is 324 g/mol. The number of rotatable bonds is 5. The van der Waals surface area contributed by atoms with E-state index in [4.69, 9.17) is 5.73 Å². The number of nitrogens with two attached hydrogens (primary N) is 1. The molecule has 3 N–H and O–H groups in total. The summed E-state index contributed by atoms with van der Waals surface area (Å²) in [7, 11) is 0. The van der Waals surface area contributed by atoms with Crippen molar-refractivity contribution in [2.45, 2.75) is 33.9 Å². The third-order valence-corrected chi connectivity index (χ3v) is 4.53. The number of pyridine rings is 1. The normalized spacial score (nSPS) is 10.7. The molecule has 1 amide bonds. The third kappa shape index (κ3) is 3.94. The van der Waals surface area contributed by atoms with E-state index in [1.807, 2.05) is 62.0 Å². The molecule has 134 valence electrons. The van der Waals surface area contributed by atoms with Gasteiger partial charge in [-0.15, -0.1) is 0 Å². The zero-order valence-corrected chi connectivity index (χ0v) is 15.4. The first-order valence-corrected chi connectivity index (χ1v) is 8.65. The minimum absolute atomic E-state index is 0.0788. The number of aryl methyl sites for hydroxylation is 3. The lowest BCUT2D eigenvalue weighted by Gasteiger charge is -2.11. The van der Waals surface area contributed by atoms with Crippen molar-refractivity contribution >= 4 is 11.7 Å². The molecule has 0 saturated heterocycles. The van der Waals surface area contributed by atoms with E-state index >= 15 is 0 Å². The molecule has 5 nitrogen and oxygen atoms in total. The van der Waals surface area contributed by atoms with E-state index in [0.29, 0.717) is 17.9 Å². The highest BCUT2D eigenvalue weighted by molar-refractivity contribution is 5.95. The lowest BCUT2D eigenvalue weighted by atomic mass is 10.1. The van der Waals surface area contributed by atoms with E-state index in [9.17, 15) is 4.79 Å². The Morgan fingerprint density at radius 3 is 2.54 bits per heavy atom. The minimum atomic E-state index is -0.0788. The van der Waals surface area contributed by atoms with Crippen molar-refractivity contribution in [1.82, 2.24) is 14.9 Å². The smallest absolute Gasteiger partial charge is 0.253 e. The number of anilines is 1. The van der Waals surface area contributed by atoms with Crippen LogP contribution in [0.5, 0.6) is 0 Å². The molecule has 0 atom stereocenters. The first-order valence-electron chi connectivity index (χ1n) is 8.65. The molecule has 0 radical (unpaired) electrons. The number of nitrogens with zero attached hydrogens (tertiary/aromatic N) is 2. The zero-order valence-electron chi connectivity index (χ0n) is 15.4. The molecule has 0 aliphatic rings. The quantitative estimate of drug-likeness (QED) is 0.742. The maximum absolute atomic E-state index is 12.6. The van der Waals surface area contributed by atoms with Crippen LogP contribution < -0.4 is 11.1 Å². The number of nitrogens with one attached hydrogen (secondary N) is 1. The van der Waals surface area contributed by atoms with Gasteiger partial charge in [-0.1, -0.05) is 30.3 Å². The van der Waals surface area contributed by atoms with Gasteiger partial charge in [0.25, 0.3) is 5.91 Å². The molecule has 0 bridgehead atoms. The van der Waals surface area contributed by atoms with E-state index < -0.39 is 0 Å². The number of hydrogen-bond donors (Lipinski definition) is 2. The van der Waals surface area contributed by atoms with E-state index in [1.54, 1.807) is 0 Å². The van der Waals surface area contributed by atoms with E-state index in [1.165, 1.54) is 5.56 Å². The minimum Gasteiger partial charge on any atom is -0.384 e. The van der Waals surface area contributed by atoms with Gasteiger partial charge in [0.1, 0.15) is 5.82 Å². The highest BCUT2D eigenvalue weighted by Gasteiger charge is 2.13. The molecule has 3 rings (SSSR count). The number of aromatic nitrogens is 2. The molecule has 26 heavy (non-hydrogen) atoms. The lowest BCUT2D eigenvalue weighted by molar-refractivity contribution is 0.0950. The molecule has 2 aromatic heterocycles. The summed E-state index contributed by atoms with van der Waals surface area (Å²) in [4.78, 5) is 16.9. The fourth-order valence-electron chi connectivity index (χ4n) is 3.17. The van der Waals surface area contributed by atoms with Gasteiger partial charge in [-0.25, -0.2) is 4.98 Å². The van der Waals surface area contributed by atoms with Crippen LogP contribution in [0.4, 0.5) is 5.82 Å². The average Bonchev–Trinajstić information content (AvgIpc) is 2.95. The van der Waals surface area contributed by atoms with E-state index in [0.717, 1.165) is 28.9 Å². The third-order valence-electron chi connectivity index (χ3n) is 4.53. The Morgan fingerprint density at radius 2 is 1.85 bits per heavy atom. The Bertz CT molecular complexity index is 905. The summed E-state index contributed by atoms with van der Waals surface area (Å²) in [6.45, 7) is 7.03. The number of carbonyl (C=O) groups excluding carboxylic acids is 1. The van der Waals surface area contributed by atoms with Gasteiger partial charge in [-0.2, -0.15) is 0 Å². The van der Waals surface area contributed by atoms with Gasteiger partial charge in [-0.05, 0) is 49.1 Å². The van der Waals surface area contributed by atoms with Crippen molar-refractivity contribution in [3.8, 4) is 0 Å². The van der Waals surface area contributed by atoms with Crippen molar-refractivity contribution in [2.24, 2.45) is 0 Å². The summed E-state index contributed by atoms with van der Waals surface area (Å²) < 4.78 is 2.04. The fraction of sp³-hybridized carbons (Fsp3) is 0.238. The molecule has 0 saturated carbocycles. The van der Waals surface area contributed by atoms with Crippen LogP contribution in [-0.4, -0.2) is 15.5 Å². The van der Waals surface area contributed by atoms with Gasteiger partial charge in [0.2, 0.25) is 0 Å². The Balaban J connectivity index is 1.71. The number of carbonyl (C=O) groups is 1. The predicted molar refractivity (Wildman–Crippen MR) is 104 cm³/mol. The second-order valence-electron chi connectivity index (χ2n) is 6.62. The first kappa shape index (κ1) is 17.7. The van der Waals surface area contributed by atoms with Gasteiger partial charge in [-0.3, -0.25) is 4.79 Å². The molecule has 0 unspecified atom stereocenters. The Kier molecular flexibility index (Phi) is 5.07. The second-order valence-corrected chi connectivity index (χ2v) is 6.62. The van der Waals surface area contributed by atoms with Crippen LogP contribution in [0.2, 0.25) is 0 Å². The molecule has 0 aliphatic heterocycles. The molecule has 3 aromatic rings. The number of benzene rings is 1. The summed E-state index contributed by atoms with van der Waals surface area (Å²) in [6, 6.07) is 12.0. The number of amides is 1. The standard InChI is InChI=1S/C21H24N4O/c1-14-9-20(22)24-16(3)18(14)10-23-21(26)19-13-25(11-15(19)2)12-17-7-5-4-6-8-17/h4-9,11,13H,10,12H2,1-3H3,(H2,22,24)(H,23,26). The van der Waals surface area contributed by atoms with Crippen LogP contribution in [0.1, 0.15) is 38.3 Å². The summed E-state index contributed by atoms with van der Waals surface area (Å²) >= 11 is 0. The van der Waals surface area contributed by atoms with E-state index in [2.05, 4.69) is 22.4 Å². The fourth-order valence-corrected chi connectivity index (χ4v) is 3.17. The summed E-state index contributed by atoms with van der Waals surface area (Å²) in [5.41, 5.74) is 11.5. The number of hydrogen-bond acceptors (Lipinski definition) is 3. The SMILES string of the molecule is Cc1cn(Cc2ccccc2)cc1C(=O)NCc1c(C)cc(N)nc1C. The van der Waals surface area contributed by atoms with Gasteiger partial charge in [0, 0.05) is 31.2 Å². The Morgan fingerprint density at radius 1 is 1.12 bits per heavy atom. The van der Waals surface area contributed by atoms with Gasteiger partial charge in [0.05, 0.1) is 5.56 Å². The summed E-state index contributed by atoms with van der Waals surface area (Å²) in [5, 5.41) is 3.00. The predicted octanol–water partition coefficient (Wildman–Crippen LogP) is 3.37. The van der Waals surface area contributed by atoms with Crippen LogP contribution in [0, 0.1) is 20.8 Å². The van der Waals surface area contributed by atoms with Crippen LogP contribution in [-0.2, 0) is 13.1 Å². The molecular formula is C21H24N4O. The molecule has 0 fully saturated rings. The maximum Gasteiger partial charge on any atom is 0.253 e. The molecule has 2 heterocycles. The molecule has 1 aromatic carbocycles. The average molecular weight is 348 g/mol. The van der Waals surface area contributed by atoms with Crippen molar-refractivity contribution in [3.05, 3.63) is 82.3 Å². The number of nitrogen functional groups attached to an aromatic ring is 1. The Labute approximate surface area is 153 Å². The highest BCUT2D eigenvalue weighted by atomic mass is 16.1. The lowest BCUT2D eigenvalue weighted by Crippen LogP contribution is -2.24. The highest BCUT2D eigenvalue weighted by Crippen LogP contribution is 2.16.